The molecule has 170 valence electrons. The normalized spacial score (nSPS) is 18.4. The first kappa shape index (κ1) is 22.4. The van der Waals surface area contributed by atoms with Crippen molar-refractivity contribution in [1.82, 2.24) is 19.8 Å². The van der Waals surface area contributed by atoms with Crippen molar-refractivity contribution in [3.63, 3.8) is 0 Å². The molecule has 7 nitrogen and oxygen atoms in total. The highest BCUT2D eigenvalue weighted by molar-refractivity contribution is 5.95. The minimum Gasteiger partial charge on any atom is -0.341 e. The van der Waals surface area contributed by atoms with E-state index in [1.807, 2.05) is 53.9 Å². The van der Waals surface area contributed by atoms with Gasteiger partial charge in [0.25, 0.3) is 0 Å². The highest BCUT2D eigenvalue weighted by atomic mass is 16.2. The van der Waals surface area contributed by atoms with E-state index >= 15 is 0 Å². The molecule has 0 unspecified atom stereocenters. The molecule has 1 fully saturated rings. The third-order valence-electron chi connectivity index (χ3n) is 6.40. The Morgan fingerprint density at radius 3 is 2.69 bits per heavy atom. The number of aryl methyl sites for hydroxylation is 2. The number of likely N-dealkylation sites (N-methyl/N-ethyl adjacent to an activating group) is 1. The highest BCUT2D eigenvalue weighted by Gasteiger charge is 2.33. The summed E-state index contributed by atoms with van der Waals surface area (Å²) >= 11 is 0. The van der Waals surface area contributed by atoms with Crippen LogP contribution in [-0.2, 0) is 22.4 Å². The zero-order valence-corrected chi connectivity index (χ0v) is 19.4. The van der Waals surface area contributed by atoms with Gasteiger partial charge >= 0.3 is 0 Å². The Labute approximate surface area is 190 Å². The Bertz CT molecular complexity index is 976. The molecule has 1 atom stereocenters. The SMILES string of the molecule is Cc1nc([C@H]2CCN(C(=O)CN(C)C)C2)nc2c1CCC(=O)N2CCCc1ccccc1. The summed E-state index contributed by atoms with van der Waals surface area (Å²) in [4.78, 5) is 40.6. The van der Waals surface area contributed by atoms with Crippen LogP contribution < -0.4 is 4.90 Å². The lowest BCUT2D eigenvalue weighted by Crippen LogP contribution is -2.38. The third-order valence-corrected chi connectivity index (χ3v) is 6.40. The van der Waals surface area contributed by atoms with Crippen LogP contribution >= 0.6 is 0 Å². The summed E-state index contributed by atoms with van der Waals surface area (Å²) in [6, 6.07) is 10.4. The van der Waals surface area contributed by atoms with E-state index in [0.29, 0.717) is 32.5 Å². The molecule has 1 aromatic heterocycles. The first-order chi connectivity index (χ1) is 15.4. The molecular formula is C25H33N5O2. The van der Waals surface area contributed by atoms with E-state index < -0.39 is 0 Å². The van der Waals surface area contributed by atoms with Crippen molar-refractivity contribution in [3.8, 4) is 0 Å². The van der Waals surface area contributed by atoms with E-state index in [1.165, 1.54) is 5.56 Å². The molecule has 2 aromatic rings. The summed E-state index contributed by atoms with van der Waals surface area (Å²) in [5.74, 6) is 1.96. The first-order valence-corrected chi connectivity index (χ1v) is 11.6. The van der Waals surface area contributed by atoms with E-state index in [-0.39, 0.29) is 17.7 Å². The standard InChI is InChI=1S/C25H33N5O2/c1-18-21-11-12-22(31)30(14-7-10-19-8-5-4-6-9-19)25(21)27-24(26-18)20-13-15-29(16-20)23(32)17-28(2)3/h4-6,8-9,20H,7,10-17H2,1-3H3/t20-/m0/s1. The van der Waals surface area contributed by atoms with Crippen LogP contribution in [0.5, 0.6) is 0 Å². The summed E-state index contributed by atoms with van der Waals surface area (Å²) in [5.41, 5.74) is 3.33. The fraction of sp³-hybridized carbons (Fsp3) is 0.520. The van der Waals surface area contributed by atoms with Crippen molar-refractivity contribution in [1.29, 1.82) is 0 Å². The van der Waals surface area contributed by atoms with Crippen LogP contribution in [0.25, 0.3) is 0 Å². The summed E-state index contributed by atoms with van der Waals surface area (Å²) in [5, 5.41) is 0. The number of likely N-dealkylation sites (tertiary alicyclic amines) is 1. The quantitative estimate of drug-likeness (QED) is 0.669. The van der Waals surface area contributed by atoms with Gasteiger partial charge in [0.05, 0.1) is 6.54 Å². The van der Waals surface area contributed by atoms with Crippen LogP contribution in [0.3, 0.4) is 0 Å². The van der Waals surface area contributed by atoms with Gasteiger partial charge < -0.3 is 9.80 Å². The summed E-state index contributed by atoms with van der Waals surface area (Å²) < 4.78 is 0. The van der Waals surface area contributed by atoms with Crippen LogP contribution in [0.15, 0.2) is 30.3 Å². The Morgan fingerprint density at radius 2 is 1.94 bits per heavy atom. The van der Waals surface area contributed by atoms with E-state index in [2.05, 4.69) is 12.1 Å². The van der Waals surface area contributed by atoms with Gasteiger partial charge in [0.1, 0.15) is 11.6 Å². The Kier molecular flexibility index (Phi) is 6.84. The second kappa shape index (κ2) is 9.77. The topological polar surface area (TPSA) is 69.6 Å². The lowest BCUT2D eigenvalue weighted by Gasteiger charge is -2.30. The highest BCUT2D eigenvalue weighted by Crippen LogP contribution is 2.32. The van der Waals surface area contributed by atoms with Gasteiger partial charge in [-0.3, -0.25) is 14.5 Å². The molecule has 0 spiro atoms. The van der Waals surface area contributed by atoms with Gasteiger partial charge in [-0.05, 0) is 52.3 Å². The number of anilines is 1. The van der Waals surface area contributed by atoms with Gasteiger partial charge in [0.2, 0.25) is 11.8 Å². The number of benzene rings is 1. The van der Waals surface area contributed by atoms with Gasteiger partial charge in [-0.2, -0.15) is 0 Å². The second-order valence-electron chi connectivity index (χ2n) is 9.17. The molecule has 0 bridgehead atoms. The van der Waals surface area contributed by atoms with Gasteiger partial charge in [-0.1, -0.05) is 30.3 Å². The number of carbonyl (C=O) groups excluding carboxylic acids is 2. The number of fused-ring (bicyclic) bond motifs is 1. The number of aromatic nitrogens is 2. The Morgan fingerprint density at radius 1 is 1.16 bits per heavy atom. The summed E-state index contributed by atoms with van der Waals surface area (Å²) in [6.45, 7) is 4.48. The maximum atomic E-state index is 12.8. The average Bonchev–Trinajstić information content (AvgIpc) is 3.26. The van der Waals surface area contributed by atoms with E-state index in [4.69, 9.17) is 9.97 Å². The van der Waals surface area contributed by atoms with Crippen molar-refractivity contribution in [3.05, 3.63) is 53.0 Å². The van der Waals surface area contributed by atoms with Crippen molar-refractivity contribution in [2.24, 2.45) is 0 Å². The van der Waals surface area contributed by atoms with E-state index in [0.717, 1.165) is 48.7 Å². The van der Waals surface area contributed by atoms with Crippen molar-refractivity contribution < 1.29 is 9.59 Å². The molecule has 2 amide bonds. The minimum atomic E-state index is 0.119. The van der Waals surface area contributed by atoms with E-state index in [1.54, 1.807) is 0 Å². The molecule has 0 aliphatic carbocycles. The number of hydrogen-bond donors (Lipinski definition) is 0. The van der Waals surface area contributed by atoms with Gasteiger partial charge in [-0.25, -0.2) is 9.97 Å². The molecule has 4 rings (SSSR count). The predicted molar refractivity (Wildman–Crippen MR) is 125 cm³/mol. The fourth-order valence-corrected chi connectivity index (χ4v) is 4.67. The van der Waals surface area contributed by atoms with Crippen LogP contribution in [0, 0.1) is 6.92 Å². The fourth-order valence-electron chi connectivity index (χ4n) is 4.67. The van der Waals surface area contributed by atoms with Crippen molar-refractivity contribution in [2.45, 2.75) is 44.9 Å². The van der Waals surface area contributed by atoms with Crippen LogP contribution in [-0.4, -0.2) is 71.9 Å². The van der Waals surface area contributed by atoms with Gasteiger partial charge in [0, 0.05) is 43.2 Å². The molecular weight excluding hydrogens is 402 g/mol. The summed E-state index contributed by atoms with van der Waals surface area (Å²) in [7, 11) is 3.82. The lowest BCUT2D eigenvalue weighted by molar-refractivity contribution is -0.130. The minimum absolute atomic E-state index is 0.119. The zero-order chi connectivity index (χ0) is 22.7. The van der Waals surface area contributed by atoms with Crippen molar-refractivity contribution >= 4 is 17.6 Å². The number of hydrogen-bond acceptors (Lipinski definition) is 5. The molecule has 3 heterocycles. The molecule has 1 aromatic carbocycles. The number of rotatable bonds is 7. The largest absolute Gasteiger partial charge is 0.341 e. The molecule has 2 aliphatic heterocycles. The number of nitrogens with zero attached hydrogens (tertiary/aromatic N) is 5. The van der Waals surface area contributed by atoms with Gasteiger partial charge in [-0.15, -0.1) is 0 Å². The van der Waals surface area contributed by atoms with Crippen LogP contribution in [0.4, 0.5) is 5.82 Å². The Balaban J connectivity index is 1.49. The monoisotopic (exact) mass is 435 g/mol. The van der Waals surface area contributed by atoms with Crippen LogP contribution in [0.1, 0.15) is 47.8 Å². The lowest BCUT2D eigenvalue weighted by atomic mass is 10.0. The maximum Gasteiger partial charge on any atom is 0.236 e. The molecule has 2 aliphatic rings. The molecule has 32 heavy (non-hydrogen) atoms. The predicted octanol–water partition coefficient (Wildman–Crippen LogP) is 2.57. The first-order valence-electron chi connectivity index (χ1n) is 11.6. The smallest absolute Gasteiger partial charge is 0.236 e. The number of amides is 2. The molecule has 0 radical (unpaired) electrons. The second-order valence-corrected chi connectivity index (χ2v) is 9.17. The molecule has 1 saturated heterocycles. The third kappa shape index (κ3) is 4.99. The van der Waals surface area contributed by atoms with Gasteiger partial charge in [0.15, 0.2) is 0 Å². The summed E-state index contributed by atoms with van der Waals surface area (Å²) in [6.07, 6.45) is 3.90. The maximum absolute atomic E-state index is 12.8. The average molecular weight is 436 g/mol. The molecule has 7 heteroatoms. The van der Waals surface area contributed by atoms with E-state index in [9.17, 15) is 9.59 Å². The zero-order valence-electron chi connectivity index (χ0n) is 19.4. The number of carbonyl (C=O) groups is 2. The molecule has 0 saturated carbocycles. The molecule has 0 N–H and O–H groups in total. The van der Waals surface area contributed by atoms with Crippen molar-refractivity contribution in [2.75, 3.05) is 45.2 Å². The Hall–Kier alpha value is -2.80. The van der Waals surface area contributed by atoms with Crippen LogP contribution in [0.2, 0.25) is 0 Å².